The van der Waals surface area contributed by atoms with E-state index in [1.807, 2.05) is 23.9 Å². The molecule has 0 bridgehead atoms. The first kappa shape index (κ1) is 18.1. The number of fused-ring (bicyclic) bond motifs is 1. The Balaban J connectivity index is 1.95. The van der Waals surface area contributed by atoms with Crippen molar-refractivity contribution >= 4 is 29.1 Å². The molecule has 0 aliphatic carbocycles. The van der Waals surface area contributed by atoms with E-state index < -0.39 is 5.97 Å². The highest BCUT2D eigenvalue weighted by Gasteiger charge is 2.28. The molecule has 130 valence electrons. The number of carboxylic acid groups (broad SMARTS) is 1. The van der Waals surface area contributed by atoms with Gasteiger partial charge in [-0.15, -0.1) is 23.1 Å². The molecule has 2 heterocycles. The van der Waals surface area contributed by atoms with E-state index in [1.54, 1.807) is 0 Å². The third-order valence-corrected chi connectivity index (χ3v) is 6.67. The average molecular weight is 371 g/mol. The zero-order valence-corrected chi connectivity index (χ0v) is 16.4. The summed E-state index contributed by atoms with van der Waals surface area (Å²) in [4.78, 5) is 14.0. The number of hydrogen-bond donors (Lipinski definition) is 1. The van der Waals surface area contributed by atoms with Crippen LogP contribution in [-0.4, -0.2) is 16.8 Å². The van der Waals surface area contributed by atoms with E-state index >= 15 is 0 Å². The molecule has 25 heavy (non-hydrogen) atoms. The Kier molecular flexibility index (Phi) is 5.27. The fourth-order valence-corrected chi connectivity index (χ4v) is 5.45. The highest BCUT2D eigenvalue weighted by molar-refractivity contribution is 7.99. The standard InChI is InChI=1S/C21H22O2S2/c1-4-14-12-19-18(21(2,3)9-10-24-19)11-15(14)5-6-16-7-8-17(25-16)13-20(22)23/h7-8,11-12H,4,9-10,13H2,1-3H3,(H,22,23). The molecule has 0 atom stereocenters. The van der Waals surface area contributed by atoms with Crippen LogP contribution in [0, 0.1) is 11.8 Å². The summed E-state index contributed by atoms with van der Waals surface area (Å²) in [5.41, 5.74) is 3.99. The van der Waals surface area contributed by atoms with Crippen LogP contribution in [0.1, 0.15) is 53.6 Å². The van der Waals surface area contributed by atoms with Crippen LogP contribution in [0.5, 0.6) is 0 Å². The second-order valence-corrected chi connectivity index (χ2v) is 9.23. The third-order valence-electron chi connectivity index (χ3n) is 4.61. The van der Waals surface area contributed by atoms with Crippen LogP contribution >= 0.6 is 23.1 Å². The minimum Gasteiger partial charge on any atom is -0.481 e. The highest BCUT2D eigenvalue weighted by Crippen LogP contribution is 2.42. The molecule has 1 aromatic heterocycles. The number of carbonyl (C=O) groups is 1. The van der Waals surface area contributed by atoms with Gasteiger partial charge in [0, 0.05) is 15.3 Å². The van der Waals surface area contributed by atoms with Crippen molar-refractivity contribution in [3.8, 4) is 11.8 Å². The minimum atomic E-state index is -0.802. The second kappa shape index (κ2) is 7.27. The van der Waals surface area contributed by atoms with Crippen molar-refractivity contribution in [3.05, 3.63) is 50.7 Å². The first-order chi connectivity index (χ1) is 11.9. The predicted molar refractivity (Wildman–Crippen MR) is 106 cm³/mol. The molecule has 0 unspecified atom stereocenters. The number of thioether (sulfide) groups is 1. The van der Waals surface area contributed by atoms with Crippen molar-refractivity contribution in [1.82, 2.24) is 0 Å². The number of rotatable bonds is 3. The van der Waals surface area contributed by atoms with Crippen LogP contribution in [0.4, 0.5) is 0 Å². The maximum atomic E-state index is 10.8. The normalized spacial score (nSPS) is 15.2. The molecule has 1 aliphatic rings. The quantitative estimate of drug-likeness (QED) is 0.763. The van der Waals surface area contributed by atoms with Crippen molar-refractivity contribution in [3.63, 3.8) is 0 Å². The van der Waals surface area contributed by atoms with Gasteiger partial charge < -0.3 is 5.11 Å². The lowest BCUT2D eigenvalue weighted by Gasteiger charge is -2.32. The van der Waals surface area contributed by atoms with Gasteiger partial charge in [0.1, 0.15) is 0 Å². The predicted octanol–water partition coefficient (Wildman–Crippen LogP) is 5.11. The van der Waals surface area contributed by atoms with Crippen LogP contribution < -0.4 is 0 Å². The smallest absolute Gasteiger partial charge is 0.308 e. The molecule has 0 spiro atoms. The number of hydrogen-bond acceptors (Lipinski definition) is 3. The molecule has 1 N–H and O–H groups in total. The molecule has 1 aliphatic heterocycles. The fourth-order valence-electron chi connectivity index (χ4n) is 3.05. The van der Waals surface area contributed by atoms with Gasteiger partial charge in [0.2, 0.25) is 0 Å². The molecular weight excluding hydrogens is 348 g/mol. The first-order valence-electron chi connectivity index (χ1n) is 8.52. The summed E-state index contributed by atoms with van der Waals surface area (Å²) >= 11 is 3.41. The zero-order chi connectivity index (χ0) is 18.0. The first-order valence-corrected chi connectivity index (χ1v) is 10.3. The topological polar surface area (TPSA) is 37.3 Å². The summed E-state index contributed by atoms with van der Waals surface area (Å²) in [6.45, 7) is 6.79. The molecule has 2 aromatic rings. The van der Waals surface area contributed by atoms with Gasteiger partial charge in [-0.2, -0.15) is 0 Å². The van der Waals surface area contributed by atoms with E-state index in [1.165, 1.54) is 39.5 Å². The molecule has 0 saturated carbocycles. The summed E-state index contributed by atoms with van der Waals surface area (Å²) in [6, 6.07) is 8.37. The molecule has 0 saturated heterocycles. The lowest BCUT2D eigenvalue weighted by atomic mass is 9.80. The lowest BCUT2D eigenvalue weighted by molar-refractivity contribution is -0.136. The molecule has 0 amide bonds. The van der Waals surface area contributed by atoms with E-state index in [4.69, 9.17) is 5.11 Å². The maximum Gasteiger partial charge on any atom is 0.308 e. The van der Waals surface area contributed by atoms with Crippen LogP contribution in [0.2, 0.25) is 0 Å². The molecule has 2 nitrogen and oxygen atoms in total. The molecule has 4 heteroatoms. The van der Waals surface area contributed by atoms with Gasteiger partial charge in [0.25, 0.3) is 0 Å². The summed E-state index contributed by atoms with van der Waals surface area (Å²) in [5.74, 6) is 6.95. The Morgan fingerprint density at radius 1 is 1.28 bits per heavy atom. The summed E-state index contributed by atoms with van der Waals surface area (Å²) in [6.07, 6.45) is 2.22. The van der Waals surface area contributed by atoms with E-state index in [2.05, 4.69) is 44.7 Å². The molecule has 0 fully saturated rings. The molecular formula is C21H22O2S2. The summed E-state index contributed by atoms with van der Waals surface area (Å²) < 4.78 is 0. The Hall–Kier alpha value is -1.70. The van der Waals surface area contributed by atoms with Crippen molar-refractivity contribution in [1.29, 1.82) is 0 Å². The van der Waals surface area contributed by atoms with E-state index in [0.29, 0.717) is 0 Å². The molecule has 1 aromatic carbocycles. The number of thiophene rings is 1. The van der Waals surface area contributed by atoms with Gasteiger partial charge in [-0.05, 0) is 59.4 Å². The Bertz CT molecular complexity index is 866. The van der Waals surface area contributed by atoms with Gasteiger partial charge in [0.05, 0.1) is 11.3 Å². The summed E-state index contributed by atoms with van der Waals surface area (Å²) in [7, 11) is 0. The van der Waals surface area contributed by atoms with Crippen molar-refractivity contribution in [2.75, 3.05) is 5.75 Å². The Labute approximate surface area is 157 Å². The number of benzene rings is 1. The van der Waals surface area contributed by atoms with E-state index in [9.17, 15) is 4.79 Å². The van der Waals surface area contributed by atoms with Crippen molar-refractivity contribution < 1.29 is 9.90 Å². The molecule has 0 radical (unpaired) electrons. The van der Waals surface area contributed by atoms with E-state index in [0.717, 1.165) is 21.7 Å². The molecule has 3 rings (SSSR count). The lowest BCUT2D eigenvalue weighted by Crippen LogP contribution is -2.23. The number of aryl methyl sites for hydroxylation is 1. The Morgan fingerprint density at radius 2 is 2.08 bits per heavy atom. The van der Waals surface area contributed by atoms with Gasteiger partial charge >= 0.3 is 5.97 Å². The van der Waals surface area contributed by atoms with Crippen LogP contribution in [0.25, 0.3) is 0 Å². The minimum absolute atomic E-state index is 0.0663. The van der Waals surface area contributed by atoms with Gasteiger partial charge in [-0.25, -0.2) is 0 Å². The largest absolute Gasteiger partial charge is 0.481 e. The monoisotopic (exact) mass is 370 g/mol. The highest BCUT2D eigenvalue weighted by atomic mass is 32.2. The average Bonchev–Trinajstić information content (AvgIpc) is 2.98. The fraction of sp³-hybridized carbons (Fsp3) is 0.381. The third kappa shape index (κ3) is 4.11. The Morgan fingerprint density at radius 3 is 2.80 bits per heavy atom. The van der Waals surface area contributed by atoms with Crippen molar-refractivity contribution in [2.24, 2.45) is 0 Å². The maximum absolute atomic E-state index is 10.8. The second-order valence-electron chi connectivity index (χ2n) is 6.93. The van der Waals surface area contributed by atoms with Crippen molar-refractivity contribution in [2.45, 2.75) is 50.3 Å². The van der Waals surface area contributed by atoms with Crippen LogP contribution in [0.15, 0.2) is 29.2 Å². The van der Waals surface area contributed by atoms with Gasteiger partial charge in [0.15, 0.2) is 0 Å². The van der Waals surface area contributed by atoms with Crippen LogP contribution in [0.3, 0.4) is 0 Å². The van der Waals surface area contributed by atoms with E-state index in [-0.39, 0.29) is 11.8 Å². The number of carboxylic acids is 1. The number of aliphatic carboxylic acids is 1. The van der Waals surface area contributed by atoms with Gasteiger partial charge in [-0.1, -0.05) is 32.6 Å². The van der Waals surface area contributed by atoms with Gasteiger partial charge in [-0.3, -0.25) is 4.79 Å². The SMILES string of the molecule is CCc1cc2c(cc1C#Cc1ccc(CC(=O)O)s1)C(C)(C)CCS2. The van der Waals surface area contributed by atoms with Crippen LogP contribution in [-0.2, 0) is 23.1 Å². The zero-order valence-electron chi connectivity index (χ0n) is 14.8. The summed E-state index contributed by atoms with van der Waals surface area (Å²) in [5, 5.41) is 8.88.